The second-order valence-electron chi connectivity index (χ2n) is 5.23. The number of hydrogen-bond donors (Lipinski definition) is 1. The molecule has 2 aromatic rings. The van der Waals surface area contributed by atoms with Gasteiger partial charge in [-0.05, 0) is 42.7 Å². The number of benzene rings is 2. The van der Waals surface area contributed by atoms with E-state index in [1.54, 1.807) is 0 Å². The van der Waals surface area contributed by atoms with E-state index >= 15 is 0 Å². The number of aryl methyl sites for hydroxylation is 1. The van der Waals surface area contributed by atoms with E-state index in [-0.39, 0.29) is 16.0 Å². The SMILES string of the molecule is CCc1ccc(C(C)NS(=O)(=O)c2ccc(OC)c(Cl)c2)cc1. The van der Waals surface area contributed by atoms with Gasteiger partial charge in [-0.15, -0.1) is 0 Å². The fourth-order valence-corrected chi connectivity index (χ4v) is 3.81. The van der Waals surface area contributed by atoms with Crippen LogP contribution in [0.3, 0.4) is 0 Å². The van der Waals surface area contributed by atoms with Gasteiger partial charge in [0, 0.05) is 6.04 Å². The highest BCUT2D eigenvalue weighted by atomic mass is 35.5. The van der Waals surface area contributed by atoms with Gasteiger partial charge in [0.15, 0.2) is 0 Å². The first-order valence-corrected chi connectivity index (χ1v) is 9.18. The summed E-state index contributed by atoms with van der Waals surface area (Å²) in [4.78, 5) is 0.111. The molecule has 1 N–H and O–H groups in total. The zero-order chi connectivity index (χ0) is 17.0. The molecule has 0 radical (unpaired) electrons. The minimum Gasteiger partial charge on any atom is -0.495 e. The first kappa shape index (κ1) is 17.8. The van der Waals surface area contributed by atoms with E-state index in [9.17, 15) is 8.42 Å². The van der Waals surface area contributed by atoms with E-state index in [1.165, 1.54) is 30.9 Å². The third-order valence-corrected chi connectivity index (χ3v) is 5.49. The highest BCUT2D eigenvalue weighted by Crippen LogP contribution is 2.27. The summed E-state index contributed by atoms with van der Waals surface area (Å²) in [7, 11) is -2.18. The Kier molecular flexibility index (Phi) is 5.68. The number of halogens is 1. The third-order valence-electron chi connectivity index (χ3n) is 3.65. The van der Waals surface area contributed by atoms with Crippen LogP contribution in [0.2, 0.25) is 5.02 Å². The lowest BCUT2D eigenvalue weighted by Crippen LogP contribution is -2.26. The van der Waals surface area contributed by atoms with Gasteiger partial charge in [0.25, 0.3) is 0 Å². The molecule has 1 atom stereocenters. The summed E-state index contributed by atoms with van der Waals surface area (Å²) < 4.78 is 32.7. The average molecular weight is 354 g/mol. The topological polar surface area (TPSA) is 55.4 Å². The first-order chi connectivity index (χ1) is 10.9. The van der Waals surface area contributed by atoms with Crippen molar-refractivity contribution in [2.24, 2.45) is 0 Å². The van der Waals surface area contributed by atoms with Crippen LogP contribution >= 0.6 is 11.6 Å². The second kappa shape index (κ2) is 7.34. The summed E-state index contributed by atoms with van der Waals surface area (Å²) in [5, 5.41) is 0.260. The van der Waals surface area contributed by atoms with Gasteiger partial charge in [0.2, 0.25) is 10.0 Å². The Labute approximate surface area is 142 Å². The van der Waals surface area contributed by atoms with Gasteiger partial charge < -0.3 is 4.74 Å². The quantitative estimate of drug-likeness (QED) is 0.855. The number of sulfonamides is 1. The molecule has 0 bridgehead atoms. The van der Waals surface area contributed by atoms with Gasteiger partial charge in [0.05, 0.1) is 17.0 Å². The van der Waals surface area contributed by atoms with E-state index in [1.807, 2.05) is 31.2 Å². The molecular formula is C17H20ClNO3S. The molecule has 0 saturated heterocycles. The summed E-state index contributed by atoms with van der Waals surface area (Å²) in [6.45, 7) is 3.89. The summed E-state index contributed by atoms with van der Waals surface area (Å²) in [5.74, 6) is 0.439. The summed E-state index contributed by atoms with van der Waals surface area (Å²) in [6, 6.07) is 11.9. The van der Waals surface area contributed by atoms with Gasteiger partial charge in [-0.3, -0.25) is 0 Å². The summed E-state index contributed by atoms with van der Waals surface area (Å²) in [5.41, 5.74) is 2.12. The van der Waals surface area contributed by atoms with Crippen molar-refractivity contribution in [1.82, 2.24) is 4.72 Å². The number of ether oxygens (including phenoxy) is 1. The zero-order valence-corrected chi connectivity index (χ0v) is 14.9. The molecule has 0 saturated carbocycles. The highest BCUT2D eigenvalue weighted by molar-refractivity contribution is 7.89. The van der Waals surface area contributed by atoms with Crippen molar-refractivity contribution < 1.29 is 13.2 Å². The van der Waals surface area contributed by atoms with Crippen molar-refractivity contribution in [3.8, 4) is 5.75 Å². The lowest BCUT2D eigenvalue weighted by molar-refractivity contribution is 0.414. The normalized spacial score (nSPS) is 12.9. The molecule has 23 heavy (non-hydrogen) atoms. The van der Waals surface area contributed by atoms with Crippen molar-refractivity contribution in [2.45, 2.75) is 31.2 Å². The van der Waals surface area contributed by atoms with Crippen LogP contribution in [-0.4, -0.2) is 15.5 Å². The third kappa shape index (κ3) is 4.25. The Hall–Kier alpha value is -1.56. The van der Waals surface area contributed by atoms with Crippen molar-refractivity contribution in [2.75, 3.05) is 7.11 Å². The fraction of sp³-hybridized carbons (Fsp3) is 0.294. The Morgan fingerprint density at radius 3 is 2.35 bits per heavy atom. The monoisotopic (exact) mass is 353 g/mol. The van der Waals surface area contributed by atoms with Crippen molar-refractivity contribution in [3.63, 3.8) is 0 Å². The van der Waals surface area contributed by atoms with Crippen LogP contribution in [0.5, 0.6) is 5.75 Å². The fourth-order valence-electron chi connectivity index (χ4n) is 2.23. The minimum atomic E-state index is -3.66. The number of hydrogen-bond acceptors (Lipinski definition) is 3. The Morgan fingerprint density at radius 1 is 1.17 bits per heavy atom. The first-order valence-electron chi connectivity index (χ1n) is 7.32. The predicted molar refractivity (Wildman–Crippen MR) is 92.6 cm³/mol. The molecular weight excluding hydrogens is 334 g/mol. The van der Waals surface area contributed by atoms with Gasteiger partial charge in [-0.25, -0.2) is 13.1 Å². The molecule has 0 aliphatic heterocycles. The van der Waals surface area contributed by atoms with Crippen molar-refractivity contribution in [1.29, 1.82) is 0 Å². The van der Waals surface area contributed by atoms with Gasteiger partial charge in [-0.1, -0.05) is 42.8 Å². The van der Waals surface area contributed by atoms with E-state index in [0.717, 1.165) is 12.0 Å². The van der Waals surface area contributed by atoms with Crippen LogP contribution in [0.4, 0.5) is 0 Å². The molecule has 2 rings (SSSR count). The van der Waals surface area contributed by atoms with Gasteiger partial charge in [-0.2, -0.15) is 0 Å². The predicted octanol–water partition coefficient (Wildman–Crippen LogP) is 3.95. The van der Waals surface area contributed by atoms with Gasteiger partial charge in [0.1, 0.15) is 5.75 Å². The molecule has 2 aromatic carbocycles. The maximum absolute atomic E-state index is 12.5. The largest absolute Gasteiger partial charge is 0.495 e. The molecule has 0 spiro atoms. The standard InChI is InChI=1S/C17H20ClNO3S/c1-4-13-5-7-14(8-6-13)12(2)19-23(20,21)15-9-10-17(22-3)16(18)11-15/h5-12,19H,4H2,1-3H3. The molecule has 0 fully saturated rings. The Bertz CT molecular complexity index is 773. The molecule has 6 heteroatoms. The zero-order valence-electron chi connectivity index (χ0n) is 13.3. The van der Waals surface area contributed by atoms with E-state index < -0.39 is 10.0 Å². The molecule has 0 heterocycles. The van der Waals surface area contributed by atoms with Crippen LogP contribution in [0, 0.1) is 0 Å². The number of methoxy groups -OCH3 is 1. The summed E-state index contributed by atoms with van der Waals surface area (Å²) >= 11 is 6.01. The van der Waals surface area contributed by atoms with Crippen molar-refractivity contribution >= 4 is 21.6 Å². The summed E-state index contributed by atoms with van der Waals surface area (Å²) in [6.07, 6.45) is 0.949. The highest BCUT2D eigenvalue weighted by Gasteiger charge is 2.19. The van der Waals surface area contributed by atoms with Crippen LogP contribution in [-0.2, 0) is 16.4 Å². The molecule has 0 aliphatic rings. The smallest absolute Gasteiger partial charge is 0.241 e. The van der Waals surface area contributed by atoms with E-state index in [4.69, 9.17) is 16.3 Å². The second-order valence-corrected chi connectivity index (χ2v) is 7.36. The van der Waals surface area contributed by atoms with Gasteiger partial charge >= 0.3 is 0 Å². The van der Waals surface area contributed by atoms with Crippen LogP contribution in [0.1, 0.15) is 31.0 Å². The Balaban J connectivity index is 2.21. The molecule has 0 aliphatic carbocycles. The lowest BCUT2D eigenvalue weighted by Gasteiger charge is -2.15. The maximum atomic E-state index is 12.5. The molecule has 0 aromatic heterocycles. The van der Waals surface area contributed by atoms with E-state index in [0.29, 0.717) is 5.75 Å². The number of rotatable bonds is 6. The number of nitrogens with one attached hydrogen (secondary N) is 1. The van der Waals surface area contributed by atoms with Crippen LogP contribution in [0.25, 0.3) is 0 Å². The molecule has 124 valence electrons. The van der Waals surface area contributed by atoms with Crippen molar-refractivity contribution in [3.05, 3.63) is 58.6 Å². The molecule has 4 nitrogen and oxygen atoms in total. The lowest BCUT2D eigenvalue weighted by atomic mass is 10.1. The average Bonchev–Trinajstić information content (AvgIpc) is 2.54. The van der Waals surface area contributed by atoms with Crippen LogP contribution < -0.4 is 9.46 Å². The Morgan fingerprint density at radius 2 is 1.83 bits per heavy atom. The van der Waals surface area contributed by atoms with E-state index in [2.05, 4.69) is 11.6 Å². The molecule has 0 amide bonds. The minimum absolute atomic E-state index is 0.111. The van der Waals surface area contributed by atoms with Crippen LogP contribution in [0.15, 0.2) is 47.4 Å². The maximum Gasteiger partial charge on any atom is 0.241 e. The molecule has 1 unspecified atom stereocenters.